The second-order valence-electron chi connectivity index (χ2n) is 7.38. The van der Waals surface area contributed by atoms with Crippen LogP contribution in [0.3, 0.4) is 0 Å². The number of pyridine rings is 1. The van der Waals surface area contributed by atoms with Gasteiger partial charge in [0.25, 0.3) is 0 Å². The minimum atomic E-state index is 0.559. The summed E-state index contributed by atoms with van der Waals surface area (Å²) in [4.78, 5) is 19.2. The van der Waals surface area contributed by atoms with Crippen LogP contribution in [0.15, 0.2) is 102 Å². The predicted octanol–water partition coefficient (Wildman–Crippen LogP) is 6.46. The first-order chi connectivity index (χ1) is 15.8. The molecule has 0 aliphatic heterocycles. The van der Waals surface area contributed by atoms with Gasteiger partial charge in [0.15, 0.2) is 11.6 Å². The van der Waals surface area contributed by atoms with E-state index in [-0.39, 0.29) is 0 Å². The topological polar surface area (TPSA) is 56.5 Å². The fourth-order valence-electron chi connectivity index (χ4n) is 3.92. The molecule has 0 unspecified atom stereocenters. The maximum atomic E-state index is 4.90. The van der Waals surface area contributed by atoms with Crippen molar-refractivity contribution in [2.75, 3.05) is 0 Å². The zero-order chi connectivity index (χ0) is 21.5. The summed E-state index contributed by atoms with van der Waals surface area (Å²) < 4.78 is 3.04. The molecule has 0 fully saturated rings. The van der Waals surface area contributed by atoms with Gasteiger partial charge in [-0.25, -0.2) is 4.98 Å². The van der Waals surface area contributed by atoms with E-state index in [4.69, 9.17) is 15.0 Å². The van der Waals surface area contributed by atoms with Crippen LogP contribution in [0.2, 0.25) is 0 Å². The lowest BCUT2D eigenvalue weighted by Gasteiger charge is -2.10. The molecule has 0 saturated carbocycles. The summed E-state index contributed by atoms with van der Waals surface area (Å²) in [6.07, 6.45) is 1.81. The van der Waals surface area contributed by atoms with Gasteiger partial charge in [0, 0.05) is 27.2 Å². The van der Waals surface area contributed by atoms with Crippen molar-refractivity contribution in [3.63, 3.8) is 0 Å². The highest BCUT2D eigenvalue weighted by atomic mass is 79.9. The van der Waals surface area contributed by atoms with Crippen molar-refractivity contribution >= 4 is 37.9 Å². The zero-order valence-corrected chi connectivity index (χ0v) is 18.4. The van der Waals surface area contributed by atoms with E-state index < -0.39 is 0 Å². The molecular formula is C26H16BrN5. The van der Waals surface area contributed by atoms with E-state index >= 15 is 0 Å². The summed E-state index contributed by atoms with van der Waals surface area (Å²) in [6, 6.07) is 30.1. The van der Waals surface area contributed by atoms with Crippen molar-refractivity contribution in [3.8, 4) is 28.7 Å². The van der Waals surface area contributed by atoms with E-state index in [9.17, 15) is 0 Å². The van der Waals surface area contributed by atoms with E-state index in [2.05, 4.69) is 37.6 Å². The molecule has 0 atom stereocenters. The van der Waals surface area contributed by atoms with Crippen LogP contribution < -0.4 is 0 Å². The van der Waals surface area contributed by atoms with Crippen molar-refractivity contribution in [2.24, 2.45) is 0 Å². The summed E-state index contributed by atoms with van der Waals surface area (Å²) in [5, 5.41) is 1.05. The fourth-order valence-corrected chi connectivity index (χ4v) is 4.27. The monoisotopic (exact) mass is 477 g/mol. The number of hydrogen-bond donors (Lipinski definition) is 0. The Hall–Kier alpha value is -3.90. The van der Waals surface area contributed by atoms with Gasteiger partial charge in [0.2, 0.25) is 5.95 Å². The Balaban J connectivity index is 1.70. The van der Waals surface area contributed by atoms with Gasteiger partial charge in [-0.05, 0) is 30.3 Å². The molecule has 3 aromatic heterocycles. The predicted molar refractivity (Wildman–Crippen MR) is 131 cm³/mol. The molecule has 6 rings (SSSR count). The summed E-state index contributed by atoms with van der Waals surface area (Å²) >= 11 is 3.61. The van der Waals surface area contributed by atoms with E-state index in [1.807, 2.05) is 85.1 Å². The molecule has 0 amide bonds. The Bertz CT molecular complexity index is 1520. The molecule has 3 aromatic carbocycles. The van der Waals surface area contributed by atoms with Crippen LogP contribution in [0.25, 0.3) is 50.7 Å². The van der Waals surface area contributed by atoms with Crippen LogP contribution >= 0.6 is 15.9 Å². The lowest BCUT2D eigenvalue weighted by molar-refractivity contribution is 0.952. The van der Waals surface area contributed by atoms with Crippen LogP contribution in [-0.4, -0.2) is 24.5 Å². The van der Waals surface area contributed by atoms with Crippen molar-refractivity contribution in [1.82, 2.24) is 24.5 Å². The Kier molecular flexibility index (Phi) is 4.51. The molecule has 32 heavy (non-hydrogen) atoms. The Morgan fingerprint density at radius 1 is 0.625 bits per heavy atom. The van der Waals surface area contributed by atoms with Gasteiger partial charge in [-0.15, -0.1) is 0 Å². The zero-order valence-electron chi connectivity index (χ0n) is 16.9. The Morgan fingerprint density at radius 2 is 1.28 bits per heavy atom. The second-order valence-corrected chi connectivity index (χ2v) is 8.30. The molecule has 0 bridgehead atoms. The van der Waals surface area contributed by atoms with E-state index in [1.54, 1.807) is 0 Å². The molecule has 152 valence electrons. The molecule has 5 nitrogen and oxygen atoms in total. The maximum Gasteiger partial charge on any atom is 0.238 e. The smallest absolute Gasteiger partial charge is 0.238 e. The van der Waals surface area contributed by atoms with Crippen molar-refractivity contribution in [2.45, 2.75) is 0 Å². The lowest BCUT2D eigenvalue weighted by atomic mass is 10.2. The standard InChI is InChI=1S/C26H16BrN5/c27-19-13-14-20-22(16-19)32(21-12-7-15-28-23(20)21)26-30-24(17-8-3-1-4-9-17)29-25(31-26)18-10-5-2-6-11-18/h1-16H. The number of benzene rings is 3. The third-order valence-electron chi connectivity index (χ3n) is 5.37. The van der Waals surface area contributed by atoms with Crippen LogP contribution in [-0.2, 0) is 0 Å². The van der Waals surface area contributed by atoms with Gasteiger partial charge < -0.3 is 0 Å². The van der Waals surface area contributed by atoms with Gasteiger partial charge in [0.05, 0.1) is 16.6 Å². The highest BCUT2D eigenvalue weighted by Crippen LogP contribution is 2.32. The first kappa shape index (κ1) is 18.8. The van der Waals surface area contributed by atoms with Crippen LogP contribution in [0.1, 0.15) is 0 Å². The first-order valence-corrected chi connectivity index (χ1v) is 11.0. The Morgan fingerprint density at radius 3 is 1.94 bits per heavy atom. The Labute approximate surface area is 192 Å². The SMILES string of the molecule is Brc1ccc2c3ncccc3n(-c3nc(-c4ccccc4)nc(-c4ccccc4)n3)c2c1. The average Bonchev–Trinajstić information content (AvgIpc) is 3.18. The molecule has 0 N–H and O–H groups in total. The van der Waals surface area contributed by atoms with Crippen LogP contribution in [0.5, 0.6) is 0 Å². The number of nitrogens with zero attached hydrogens (tertiary/aromatic N) is 5. The van der Waals surface area contributed by atoms with Crippen molar-refractivity contribution in [3.05, 3.63) is 102 Å². The third kappa shape index (κ3) is 3.16. The normalized spacial score (nSPS) is 11.3. The van der Waals surface area contributed by atoms with Gasteiger partial charge in [0.1, 0.15) is 0 Å². The quantitative estimate of drug-likeness (QED) is 0.293. The molecule has 6 aromatic rings. The fraction of sp³-hybridized carbons (Fsp3) is 0. The highest BCUT2D eigenvalue weighted by Gasteiger charge is 2.18. The summed E-state index contributed by atoms with van der Waals surface area (Å²) in [5.41, 5.74) is 4.72. The number of aromatic nitrogens is 5. The summed E-state index contributed by atoms with van der Waals surface area (Å²) in [5.74, 6) is 1.82. The molecule has 0 spiro atoms. The lowest BCUT2D eigenvalue weighted by Crippen LogP contribution is -2.06. The van der Waals surface area contributed by atoms with E-state index in [1.165, 1.54) is 0 Å². The third-order valence-corrected chi connectivity index (χ3v) is 5.86. The minimum absolute atomic E-state index is 0.559. The first-order valence-electron chi connectivity index (χ1n) is 10.2. The number of halogens is 1. The summed E-state index contributed by atoms with van der Waals surface area (Å²) in [6.45, 7) is 0. The van der Waals surface area contributed by atoms with Crippen LogP contribution in [0.4, 0.5) is 0 Å². The molecule has 0 aliphatic rings. The van der Waals surface area contributed by atoms with E-state index in [0.717, 1.165) is 37.5 Å². The van der Waals surface area contributed by atoms with Crippen molar-refractivity contribution in [1.29, 1.82) is 0 Å². The molecule has 0 saturated heterocycles. The number of hydrogen-bond acceptors (Lipinski definition) is 4. The molecule has 3 heterocycles. The van der Waals surface area contributed by atoms with Gasteiger partial charge in [-0.1, -0.05) is 76.6 Å². The van der Waals surface area contributed by atoms with Gasteiger partial charge >= 0.3 is 0 Å². The molecule has 0 radical (unpaired) electrons. The minimum Gasteiger partial charge on any atom is -0.276 e. The van der Waals surface area contributed by atoms with Crippen molar-refractivity contribution < 1.29 is 0 Å². The number of fused-ring (bicyclic) bond motifs is 3. The van der Waals surface area contributed by atoms with Gasteiger partial charge in [-0.3, -0.25) is 9.55 Å². The van der Waals surface area contributed by atoms with Crippen LogP contribution in [0, 0.1) is 0 Å². The molecular weight excluding hydrogens is 462 g/mol. The van der Waals surface area contributed by atoms with E-state index in [0.29, 0.717) is 17.6 Å². The largest absolute Gasteiger partial charge is 0.276 e. The highest BCUT2D eigenvalue weighted by molar-refractivity contribution is 9.10. The number of rotatable bonds is 3. The summed E-state index contributed by atoms with van der Waals surface area (Å²) in [7, 11) is 0. The van der Waals surface area contributed by atoms with Gasteiger partial charge in [-0.2, -0.15) is 9.97 Å². The second kappa shape index (κ2) is 7.66. The molecule has 0 aliphatic carbocycles. The molecule has 6 heteroatoms. The average molecular weight is 478 g/mol. The maximum absolute atomic E-state index is 4.90.